The molecule has 15 heavy (non-hydrogen) atoms. The van der Waals surface area contributed by atoms with E-state index in [0.717, 1.165) is 9.80 Å². The van der Waals surface area contributed by atoms with Crippen LogP contribution in [0.25, 0.3) is 0 Å². The number of likely N-dealkylation sites (N-methyl/N-ethyl adjacent to an activating group) is 1. The summed E-state index contributed by atoms with van der Waals surface area (Å²) in [6.07, 6.45) is 1.85. The van der Waals surface area contributed by atoms with E-state index in [0.29, 0.717) is 0 Å². The van der Waals surface area contributed by atoms with E-state index < -0.39 is 0 Å². The number of allylic oxidation sites excluding steroid dienone is 1. The third-order valence-corrected chi connectivity index (χ3v) is 2.99. The molecule has 1 amide bonds. The van der Waals surface area contributed by atoms with E-state index in [-0.39, 0.29) is 5.91 Å². The van der Waals surface area contributed by atoms with Gasteiger partial charge in [-0.3, -0.25) is 4.79 Å². The molecule has 0 radical (unpaired) electrons. The predicted molar refractivity (Wildman–Crippen MR) is 64.8 cm³/mol. The number of benzene rings is 1. The van der Waals surface area contributed by atoms with Crippen LogP contribution in [0.15, 0.2) is 46.2 Å². The average Bonchev–Trinajstić information content (AvgIpc) is 2.26. The zero-order valence-electron chi connectivity index (χ0n) is 9.23. The van der Waals surface area contributed by atoms with Crippen molar-refractivity contribution in [2.45, 2.75) is 11.8 Å². The Hall–Kier alpha value is -1.22. The van der Waals surface area contributed by atoms with Crippen molar-refractivity contribution < 1.29 is 4.79 Å². The second kappa shape index (κ2) is 5.61. The summed E-state index contributed by atoms with van der Waals surface area (Å²) in [4.78, 5) is 15.1. The van der Waals surface area contributed by atoms with Crippen LogP contribution in [-0.4, -0.2) is 24.9 Å². The highest BCUT2D eigenvalue weighted by Crippen LogP contribution is 2.26. The molecule has 1 aromatic rings. The Morgan fingerprint density at radius 2 is 1.87 bits per heavy atom. The molecule has 0 spiro atoms. The minimum absolute atomic E-state index is 0.0475. The lowest BCUT2D eigenvalue weighted by Gasteiger charge is -2.12. The Bertz CT molecular complexity index is 357. The molecule has 0 aliphatic carbocycles. The second-order valence-corrected chi connectivity index (χ2v) is 4.38. The van der Waals surface area contributed by atoms with Crippen molar-refractivity contribution in [1.82, 2.24) is 4.90 Å². The summed E-state index contributed by atoms with van der Waals surface area (Å²) >= 11 is 1.50. The molecule has 0 bridgehead atoms. The number of amides is 1. The summed E-state index contributed by atoms with van der Waals surface area (Å²) in [5, 5.41) is 0. The molecule has 0 aliphatic rings. The normalized spacial score (nSPS) is 11.3. The molecule has 0 N–H and O–H groups in total. The maximum atomic E-state index is 11.7. The van der Waals surface area contributed by atoms with Gasteiger partial charge in [-0.05, 0) is 19.1 Å². The monoisotopic (exact) mass is 221 g/mol. The Morgan fingerprint density at radius 3 is 2.33 bits per heavy atom. The van der Waals surface area contributed by atoms with Gasteiger partial charge < -0.3 is 4.90 Å². The van der Waals surface area contributed by atoms with Crippen molar-refractivity contribution in [2.24, 2.45) is 0 Å². The smallest absolute Gasteiger partial charge is 0.259 e. The number of carbonyl (C=O) groups is 1. The van der Waals surface area contributed by atoms with Gasteiger partial charge in [0.25, 0.3) is 5.91 Å². The van der Waals surface area contributed by atoms with E-state index >= 15 is 0 Å². The van der Waals surface area contributed by atoms with Gasteiger partial charge in [-0.25, -0.2) is 0 Å². The fourth-order valence-corrected chi connectivity index (χ4v) is 2.00. The van der Waals surface area contributed by atoms with E-state index in [9.17, 15) is 4.79 Å². The number of hydrogen-bond donors (Lipinski definition) is 0. The van der Waals surface area contributed by atoms with Gasteiger partial charge in [-0.2, -0.15) is 0 Å². The SMILES string of the molecule is C/C=C(\Sc1ccccc1)C(=O)N(C)C. The van der Waals surface area contributed by atoms with Gasteiger partial charge in [0.1, 0.15) is 0 Å². The van der Waals surface area contributed by atoms with Gasteiger partial charge in [0.15, 0.2) is 0 Å². The number of thioether (sulfide) groups is 1. The lowest BCUT2D eigenvalue weighted by atomic mass is 10.4. The van der Waals surface area contributed by atoms with E-state index in [2.05, 4.69) is 0 Å². The van der Waals surface area contributed by atoms with Crippen molar-refractivity contribution in [3.8, 4) is 0 Å². The highest BCUT2D eigenvalue weighted by atomic mass is 32.2. The van der Waals surface area contributed by atoms with Crippen molar-refractivity contribution >= 4 is 17.7 Å². The lowest BCUT2D eigenvalue weighted by molar-refractivity contribution is -0.123. The summed E-state index contributed by atoms with van der Waals surface area (Å²) in [6, 6.07) is 9.90. The quantitative estimate of drug-likeness (QED) is 0.578. The molecule has 0 saturated heterocycles. The van der Waals surface area contributed by atoms with E-state index in [4.69, 9.17) is 0 Å². The third kappa shape index (κ3) is 3.44. The summed E-state index contributed by atoms with van der Waals surface area (Å²) in [6.45, 7) is 1.88. The zero-order valence-corrected chi connectivity index (χ0v) is 10.0. The molecule has 0 saturated carbocycles. The Kier molecular flexibility index (Phi) is 4.43. The van der Waals surface area contributed by atoms with Crippen LogP contribution in [0.5, 0.6) is 0 Å². The van der Waals surface area contributed by atoms with E-state index in [1.165, 1.54) is 11.8 Å². The Labute approximate surface area is 95.0 Å². The van der Waals surface area contributed by atoms with Crippen LogP contribution in [-0.2, 0) is 4.79 Å². The summed E-state index contributed by atoms with van der Waals surface area (Å²) in [7, 11) is 3.52. The van der Waals surface area contributed by atoms with Crippen LogP contribution in [0.2, 0.25) is 0 Å². The molecule has 0 aromatic heterocycles. The summed E-state index contributed by atoms with van der Waals surface area (Å²) in [5.41, 5.74) is 0. The summed E-state index contributed by atoms with van der Waals surface area (Å²) < 4.78 is 0. The topological polar surface area (TPSA) is 20.3 Å². The van der Waals surface area contributed by atoms with Crippen molar-refractivity contribution in [2.75, 3.05) is 14.1 Å². The third-order valence-electron chi connectivity index (χ3n) is 1.85. The fraction of sp³-hybridized carbons (Fsp3) is 0.250. The van der Waals surface area contributed by atoms with Crippen molar-refractivity contribution in [3.63, 3.8) is 0 Å². The fourth-order valence-electron chi connectivity index (χ4n) is 1.06. The van der Waals surface area contributed by atoms with Gasteiger partial charge in [0.05, 0.1) is 4.91 Å². The number of hydrogen-bond acceptors (Lipinski definition) is 2. The van der Waals surface area contributed by atoms with Gasteiger partial charge in [0, 0.05) is 19.0 Å². The van der Waals surface area contributed by atoms with Crippen LogP contribution in [0.4, 0.5) is 0 Å². The lowest BCUT2D eigenvalue weighted by Crippen LogP contribution is -2.22. The van der Waals surface area contributed by atoms with Crippen LogP contribution >= 0.6 is 11.8 Å². The van der Waals surface area contributed by atoms with Gasteiger partial charge in [0.2, 0.25) is 0 Å². The average molecular weight is 221 g/mol. The maximum absolute atomic E-state index is 11.7. The first-order valence-corrected chi connectivity index (χ1v) is 5.57. The second-order valence-electron chi connectivity index (χ2n) is 3.27. The first kappa shape index (κ1) is 11.9. The zero-order chi connectivity index (χ0) is 11.3. The molecule has 80 valence electrons. The highest BCUT2D eigenvalue weighted by Gasteiger charge is 2.11. The number of nitrogens with zero attached hydrogens (tertiary/aromatic N) is 1. The minimum Gasteiger partial charge on any atom is -0.344 e. The summed E-state index contributed by atoms with van der Waals surface area (Å²) in [5.74, 6) is 0.0475. The molecular formula is C12H15NOS. The molecule has 2 nitrogen and oxygen atoms in total. The Balaban J connectivity index is 2.76. The highest BCUT2D eigenvalue weighted by molar-refractivity contribution is 8.04. The first-order chi connectivity index (χ1) is 7.15. The van der Waals surface area contributed by atoms with Gasteiger partial charge in [-0.1, -0.05) is 36.0 Å². The van der Waals surface area contributed by atoms with Crippen LogP contribution < -0.4 is 0 Å². The largest absolute Gasteiger partial charge is 0.344 e. The Morgan fingerprint density at radius 1 is 1.27 bits per heavy atom. The van der Waals surface area contributed by atoms with Gasteiger partial charge in [-0.15, -0.1) is 0 Å². The molecular weight excluding hydrogens is 206 g/mol. The van der Waals surface area contributed by atoms with Gasteiger partial charge >= 0.3 is 0 Å². The first-order valence-electron chi connectivity index (χ1n) is 4.76. The van der Waals surface area contributed by atoms with Crippen molar-refractivity contribution in [1.29, 1.82) is 0 Å². The van der Waals surface area contributed by atoms with Crippen LogP contribution in [0.1, 0.15) is 6.92 Å². The van der Waals surface area contributed by atoms with E-state index in [1.54, 1.807) is 19.0 Å². The van der Waals surface area contributed by atoms with Crippen LogP contribution in [0.3, 0.4) is 0 Å². The molecule has 0 heterocycles. The van der Waals surface area contributed by atoms with Crippen molar-refractivity contribution in [3.05, 3.63) is 41.3 Å². The predicted octanol–water partition coefficient (Wildman–Crippen LogP) is 2.77. The molecule has 0 fully saturated rings. The number of rotatable bonds is 3. The van der Waals surface area contributed by atoms with E-state index in [1.807, 2.05) is 43.3 Å². The number of carbonyl (C=O) groups excluding carboxylic acids is 1. The molecule has 0 unspecified atom stereocenters. The minimum atomic E-state index is 0.0475. The molecule has 0 atom stereocenters. The molecule has 0 aliphatic heterocycles. The standard InChI is InChI=1S/C12H15NOS/c1-4-11(12(14)13(2)3)15-10-8-6-5-7-9-10/h4-9H,1-3H3/b11-4-. The van der Waals surface area contributed by atoms with Crippen LogP contribution in [0, 0.1) is 0 Å². The molecule has 1 rings (SSSR count). The molecule has 3 heteroatoms. The maximum Gasteiger partial charge on any atom is 0.259 e. The molecule has 1 aromatic carbocycles.